The average Bonchev–Trinajstić information content (AvgIpc) is 2.51. The highest BCUT2D eigenvalue weighted by molar-refractivity contribution is 7.79. The molecule has 0 aliphatic heterocycles. The Morgan fingerprint density at radius 1 is 0.958 bits per heavy atom. The van der Waals surface area contributed by atoms with Crippen molar-refractivity contribution in [2.24, 2.45) is 0 Å². The van der Waals surface area contributed by atoms with Crippen LogP contribution in [0, 0.1) is 0 Å². The molecule has 24 heavy (non-hydrogen) atoms. The summed E-state index contributed by atoms with van der Waals surface area (Å²) in [5.74, 6) is 0.322. The summed E-state index contributed by atoms with van der Waals surface area (Å²) in [6, 6.07) is 8.71. The molecule has 0 radical (unpaired) electrons. The lowest BCUT2D eigenvalue weighted by Crippen LogP contribution is -2.46. The Morgan fingerprint density at radius 3 is 1.62 bits per heavy atom. The fourth-order valence-electron chi connectivity index (χ4n) is 1.05. The van der Waals surface area contributed by atoms with E-state index in [4.69, 9.17) is 48.2 Å². The molecule has 0 aliphatic rings. The van der Waals surface area contributed by atoms with Crippen molar-refractivity contribution in [3.63, 3.8) is 0 Å². The van der Waals surface area contributed by atoms with E-state index in [1.807, 2.05) is 6.07 Å². The summed E-state index contributed by atoms with van der Waals surface area (Å²) < 4.78 is 31.6. The standard InChI is InChI=1S/C6H12O6.C6H6O.H2O4S/c7-1-3(9)5(11)6(12)4(10)2-8;7-6-4-2-1-3-5-6;1-5(2,3)4/h1,3-6,8-12H,2H2;1-5,7H;(H2,1,2,3,4). The van der Waals surface area contributed by atoms with Gasteiger partial charge in [0.2, 0.25) is 0 Å². The lowest BCUT2D eigenvalue weighted by Gasteiger charge is -2.22. The minimum absolute atomic E-state index is 0.0258. The van der Waals surface area contributed by atoms with Crippen LogP contribution < -0.4 is 0 Å². The van der Waals surface area contributed by atoms with Crippen molar-refractivity contribution in [3.8, 4) is 5.75 Å². The van der Waals surface area contributed by atoms with Crippen molar-refractivity contribution in [2.75, 3.05) is 6.61 Å². The quantitative estimate of drug-likeness (QED) is 0.197. The SMILES string of the molecule is O=CC(O)C(O)C(O)C(O)CO.O=S(=O)(O)O.Oc1ccccc1. The Hall–Kier alpha value is -1.64. The fraction of sp³-hybridized carbons (Fsp3) is 0.417. The minimum Gasteiger partial charge on any atom is -0.508 e. The first-order valence-electron chi connectivity index (χ1n) is 6.16. The van der Waals surface area contributed by atoms with Crippen LogP contribution in [0.5, 0.6) is 5.75 Å². The molecular weight excluding hydrogens is 352 g/mol. The molecule has 8 N–H and O–H groups in total. The van der Waals surface area contributed by atoms with Crippen LogP contribution in [0.1, 0.15) is 0 Å². The fourth-order valence-corrected chi connectivity index (χ4v) is 1.05. The van der Waals surface area contributed by atoms with Gasteiger partial charge in [-0.2, -0.15) is 8.42 Å². The van der Waals surface area contributed by atoms with Gasteiger partial charge in [-0.1, -0.05) is 18.2 Å². The van der Waals surface area contributed by atoms with E-state index in [1.165, 1.54) is 0 Å². The zero-order valence-electron chi connectivity index (χ0n) is 12.2. The van der Waals surface area contributed by atoms with Gasteiger partial charge in [0.1, 0.15) is 30.2 Å². The maximum absolute atomic E-state index is 9.90. The van der Waals surface area contributed by atoms with Crippen LogP contribution in [-0.2, 0) is 15.2 Å². The summed E-state index contributed by atoms with van der Waals surface area (Å²) in [6.07, 6.45) is -6.84. The Kier molecular flexibility index (Phi) is 13.1. The van der Waals surface area contributed by atoms with Gasteiger partial charge in [0.25, 0.3) is 0 Å². The first-order chi connectivity index (χ1) is 10.9. The number of carbonyl (C=O) groups is 1. The molecule has 0 saturated heterocycles. The van der Waals surface area contributed by atoms with E-state index in [1.54, 1.807) is 24.3 Å². The van der Waals surface area contributed by atoms with Crippen LogP contribution in [0.3, 0.4) is 0 Å². The number of rotatable bonds is 5. The van der Waals surface area contributed by atoms with Crippen molar-refractivity contribution in [2.45, 2.75) is 24.4 Å². The first kappa shape index (κ1) is 24.6. The molecule has 0 heterocycles. The number of aliphatic hydroxyl groups excluding tert-OH is 5. The number of aromatic hydroxyl groups is 1. The maximum atomic E-state index is 9.90. The van der Waals surface area contributed by atoms with Crippen molar-refractivity contribution in [3.05, 3.63) is 30.3 Å². The van der Waals surface area contributed by atoms with Crippen LogP contribution in [0.4, 0.5) is 0 Å². The number of hydrogen-bond donors (Lipinski definition) is 8. The highest BCUT2D eigenvalue weighted by Crippen LogP contribution is 2.03. The number of aldehydes is 1. The molecule has 0 fully saturated rings. The largest absolute Gasteiger partial charge is 0.508 e. The molecule has 0 spiro atoms. The van der Waals surface area contributed by atoms with Gasteiger partial charge in [-0.25, -0.2) is 0 Å². The number of phenols is 1. The summed E-state index contributed by atoms with van der Waals surface area (Å²) in [7, 11) is -4.67. The summed E-state index contributed by atoms with van der Waals surface area (Å²) in [5.41, 5.74) is 0. The second-order valence-electron chi connectivity index (χ2n) is 4.14. The van der Waals surface area contributed by atoms with E-state index in [0.717, 1.165) is 0 Å². The predicted molar refractivity (Wildman–Crippen MR) is 79.5 cm³/mol. The van der Waals surface area contributed by atoms with Gasteiger partial charge in [-0.3, -0.25) is 9.11 Å². The maximum Gasteiger partial charge on any atom is 0.394 e. The normalized spacial score (nSPS) is 15.5. The van der Waals surface area contributed by atoms with Gasteiger partial charge in [0, 0.05) is 0 Å². The summed E-state index contributed by atoms with van der Waals surface area (Å²) >= 11 is 0. The number of hydrogen-bond acceptors (Lipinski definition) is 9. The molecule has 0 amide bonds. The summed E-state index contributed by atoms with van der Waals surface area (Å²) in [4.78, 5) is 9.90. The van der Waals surface area contributed by atoms with Crippen LogP contribution in [0.2, 0.25) is 0 Å². The van der Waals surface area contributed by atoms with Gasteiger partial charge in [-0.15, -0.1) is 0 Å². The molecular formula is C12H20O11S. The molecule has 0 aliphatic carbocycles. The predicted octanol–water partition coefficient (Wildman–Crippen LogP) is -2.64. The van der Waals surface area contributed by atoms with Gasteiger partial charge in [-0.05, 0) is 12.1 Å². The van der Waals surface area contributed by atoms with Gasteiger partial charge >= 0.3 is 10.4 Å². The Labute approximate surface area is 137 Å². The molecule has 11 nitrogen and oxygen atoms in total. The first-order valence-corrected chi connectivity index (χ1v) is 7.56. The Balaban J connectivity index is 0. The van der Waals surface area contributed by atoms with Crippen LogP contribution in [0.15, 0.2) is 30.3 Å². The highest BCUT2D eigenvalue weighted by Gasteiger charge is 2.29. The van der Waals surface area contributed by atoms with E-state index in [9.17, 15) is 4.79 Å². The number of para-hydroxylation sites is 1. The van der Waals surface area contributed by atoms with Crippen LogP contribution in [-0.4, -0.2) is 85.5 Å². The smallest absolute Gasteiger partial charge is 0.394 e. The number of aliphatic hydroxyl groups is 5. The summed E-state index contributed by atoms with van der Waals surface area (Å²) in [6.45, 7) is -0.760. The highest BCUT2D eigenvalue weighted by atomic mass is 32.3. The monoisotopic (exact) mass is 372 g/mol. The second-order valence-corrected chi connectivity index (χ2v) is 5.04. The van der Waals surface area contributed by atoms with Crippen molar-refractivity contribution in [1.82, 2.24) is 0 Å². The van der Waals surface area contributed by atoms with Crippen molar-refractivity contribution in [1.29, 1.82) is 0 Å². The van der Waals surface area contributed by atoms with Gasteiger partial charge in [0.05, 0.1) is 6.61 Å². The van der Waals surface area contributed by atoms with E-state index in [0.29, 0.717) is 5.75 Å². The lowest BCUT2D eigenvalue weighted by atomic mass is 10.0. The zero-order chi connectivity index (χ0) is 19.3. The van der Waals surface area contributed by atoms with E-state index >= 15 is 0 Å². The van der Waals surface area contributed by atoms with E-state index in [-0.39, 0.29) is 6.29 Å². The van der Waals surface area contributed by atoms with Crippen molar-refractivity contribution < 1.29 is 53.0 Å². The molecule has 12 heteroatoms. The molecule has 0 aromatic heterocycles. The number of benzene rings is 1. The van der Waals surface area contributed by atoms with Gasteiger partial charge < -0.3 is 35.4 Å². The van der Waals surface area contributed by atoms with E-state index < -0.39 is 41.4 Å². The Bertz CT molecular complexity index is 525. The molecule has 0 bridgehead atoms. The molecule has 1 aromatic rings. The van der Waals surface area contributed by atoms with E-state index in [2.05, 4.69) is 0 Å². The second kappa shape index (κ2) is 12.7. The topological polar surface area (TPSA) is 213 Å². The number of carbonyl (C=O) groups excluding carboxylic acids is 1. The van der Waals surface area contributed by atoms with Crippen LogP contribution in [0.25, 0.3) is 0 Å². The third kappa shape index (κ3) is 15.3. The number of phenolic OH excluding ortho intramolecular Hbond substituents is 1. The zero-order valence-corrected chi connectivity index (χ0v) is 13.0. The summed E-state index contributed by atoms with van der Waals surface area (Å²) in [5, 5.41) is 52.2. The van der Waals surface area contributed by atoms with Crippen LogP contribution >= 0.6 is 0 Å². The molecule has 1 rings (SSSR count). The molecule has 0 saturated carbocycles. The third-order valence-electron chi connectivity index (χ3n) is 2.18. The van der Waals surface area contributed by atoms with Gasteiger partial charge in [0.15, 0.2) is 6.29 Å². The lowest BCUT2D eigenvalue weighted by molar-refractivity contribution is -0.136. The average molecular weight is 372 g/mol. The molecule has 4 unspecified atom stereocenters. The van der Waals surface area contributed by atoms with Crippen molar-refractivity contribution >= 4 is 16.7 Å². The minimum atomic E-state index is -4.67. The molecule has 1 aromatic carbocycles. The molecule has 4 atom stereocenters. The Morgan fingerprint density at radius 2 is 1.38 bits per heavy atom. The third-order valence-corrected chi connectivity index (χ3v) is 2.18. The molecule has 140 valence electrons.